The van der Waals surface area contributed by atoms with Crippen molar-refractivity contribution in [1.29, 1.82) is 0 Å². The number of thiophene rings is 1. The molecule has 21 heavy (non-hydrogen) atoms. The van der Waals surface area contributed by atoms with Gasteiger partial charge in [0.25, 0.3) is 0 Å². The SMILES string of the molecule is CCCC[C](CCCC)(CCCC)[Sn][c]1sccc1OC. The van der Waals surface area contributed by atoms with Crippen LogP contribution in [0.2, 0.25) is 3.43 Å². The van der Waals surface area contributed by atoms with Gasteiger partial charge in [-0.1, -0.05) is 0 Å². The van der Waals surface area contributed by atoms with Crippen molar-refractivity contribution < 1.29 is 4.74 Å². The normalized spacial score (nSPS) is 11.8. The van der Waals surface area contributed by atoms with Crippen LogP contribution in [0.5, 0.6) is 5.75 Å². The zero-order valence-corrected chi connectivity index (χ0v) is 18.0. The van der Waals surface area contributed by atoms with Crippen molar-refractivity contribution in [1.82, 2.24) is 0 Å². The van der Waals surface area contributed by atoms with E-state index in [0.717, 1.165) is 0 Å². The van der Waals surface area contributed by atoms with Crippen molar-refractivity contribution in [2.75, 3.05) is 7.11 Å². The summed E-state index contributed by atoms with van der Waals surface area (Å²) in [5, 5.41) is 2.22. The van der Waals surface area contributed by atoms with Gasteiger partial charge in [-0.2, -0.15) is 0 Å². The molecule has 0 unspecified atom stereocenters. The fourth-order valence-electron chi connectivity index (χ4n) is 2.90. The van der Waals surface area contributed by atoms with E-state index in [2.05, 4.69) is 32.2 Å². The molecule has 3 heteroatoms. The maximum absolute atomic E-state index is 5.60. The van der Waals surface area contributed by atoms with Crippen LogP contribution >= 0.6 is 11.3 Å². The Morgan fingerprint density at radius 3 is 1.95 bits per heavy atom. The van der Waals surface area contributed by atoms with E-state index in [1.807, 2.05) is 18.4 Å². The van der Waals surface area contributed by atoms with E-state index in [0.29, 0.717) is 3.43 Å². The van der Waals surface area contributed by atoms with E-state index in [1.165, 1.54) is 63.5 Å². The molecule has 1 aromatic heterocycles. The van der Waals surface area contributed by atoms with E-state index in [4.69, 9.17) is 4.74 Å². The van der Waals surface area contributed by atoms with Crippen molar-refractivity contribution in [3.05, 3.63) is 11.4 Å². The molecule has 0 aromatic carbocycles. The summed E-state index contributed by atoms with van der Waals surface area (Å²) >= 11 is 1.35. The van der Waals surface area contributed by atoms with Gasteiger partial charge in [0.1, 0.15) is 0 Å². The first-order valence-corrected chi connectivity index (χ1v) is 12.3. The van der Waals surface area contributed by atoms with Gasteiger partial charge < -0.3 is 0 Å². The second kappa shape index (κ2) is 10.9. The van der Waals surface area contributed by atoms with Gasteiger partial charge in [0.2, 0.25) is 0 Å². The van der Waals surface area contributed by atoms with Crippen molar-refractivity contribution in [3.63, 3.8) is 0 Å². The van der Waals surface area contributed by atoms with Crippen molar-refractivity contribution >= 4 is 35.4 Å². The molecule has 1 nitrogen and oxygen atoms in total. The summed E-state index contributed by atoms with van der Waals surface area (Å²) < 4.78 is 7.90. The predicted octanol–water partition coefficient (Wildman–Crippen LogP) is 5.82. The number of ether oxygens (including phenoxy) is 1. The van der Waals surface area contributed by atoms with E-state index < -0.39 is 21.1 Å². The number of unbranched alkanes of at least 4 members (excludes halogenated alkanes) is 3. The van der Waals surface area contributed by atoms with Crippen LogP contribution in [0.25, 0.3) is 0 Å². The molecule has 1 aromatic rings. The fraction of sp³-hybridized carbons (Fsp3) is 0.778. The molecule has 0 aliphatic rings. The first-order valence-electron chi connectivity index (χ1n) is 8.61. The van der Waals surface area contributed by atoms with E-state index in [9.17, 15) is 0 Å². The molecule has 0 saturated heterocycles. The molecule has 0 bridgehead atoms. The molecule has 0 N–H and O–H groups in total. The third kappa shape index (κ3) is 6.52. The Morgan fingerprint density at radius 2 is 1.52 bits per heavy atom. The summed E-state index contributed by atoms with van der Waals surface area (Å²) in [6.45, 7) is 7.00. The van der Waals surface area contributed by atoms with Crippen LogP contribution in [0.3, 0.4) is 0 Å². The summed E-state index contributed by atoms with van der Waals surface area (Å²) in [5.74, 6) is 1.18. The Hall–Kier alpha value is 0.299. The molecule has 0 fully saturated rings. The Kier molecular flexibility index (Phi) is 10.1. The van der Waals surface area contributed by atoms with Gasteiger partial charge >= 0.3 is 146 Å². The summed E-state index contributed by atoms with van der Waals surface area (Å²) in [6.07, 6.45) is 12.6. The Balaban J connectivity index is 2.89. The van der Waals surface area contributed by atoms with Crippen LogP contribution in [0.4, 0.5) is 0 Å². The minimum atomic E-state index is -0.602. The van der Waals surface area contributed by atoms with Gasteiger partial charge in [-0.25, -0.2) is 0 Å². The van der Waals surface area contributed by atoms with Crippen molar-refractivity contribution in [2.24, 2.45) is 0 Å². The van der Waals surface area contributed by atoms with E-state index in [-0.39, 0.29) is 0 Å². The van der Waals surface area contributed by atoms with Crippen molar-refractivity contribution in [3.8, 4) is 5.75 Å². The molecule has 1 rings (SSSR count). The first-order chi connectivity index (χ1) is 10.2. The standard InChI is InChI=1S/C13H27.C5H5OS.Sn/c1-4-7-10-13(11-8-5-2)12-9-6-3;1-6-5-2-3-7-4-5;/h4-12H2,1-3H3;2-3H,1H3;. The molecular weight excluding hydrogens is 383 g/mol. The number of rotatable bonds is 12. The molecule has 0 saturated carbocycles. The molecular formula is C18H32OSSn. The monoisotopic (exact) mass is 416 g/mol. The third-order valence-electron chi connectivity index (χ3n) is 4.25. The minimum absolute atomic E-state index is 0.602. The predicted molar refractivity (Wildman–Crippen MR) is 97.5 cm³/mol. The van der Waals surface area contributed by atoms with Crippen LogP contribution in [0, 0.1) is 0 Å². The van der Waals surface area contributed by atoms with Gasteiger partial charge in [-0.15, -0.1) is 0 Å². The second-order valence-electron chi connectivity index (χ2n) is 6.03. The fourth-order valence-corrected chi connectivity index (χ4v) is 10.9. The van der Waals surface area contributed by atoms with Crippen LogP contribution in [0.1, 0.15) is 78.6 Å². The molecule has 0 aliphatic carbocycles. The molecule has 0 atom stereocenters. The van der Waals surface area contributed by atoms with Crippen LogP contribution < -0.4 is 7.63 Å². The number of hydrogen-bond acceptors (Lipinski definition) is 2. The average molecular weight is 415 g/mol. The summed E-state index contributed by atoms with van der Waals surface area (Å²) in [4.78, 5) is 0. The molecule has 120 valence electrons. The van der Waals surface area contributed by atoms with Gasteiger partial charge in [0, 0.05) is 0 Å². The third-order valence-corrected chi connectivity index (χ3v) is 11.7. The number of methoxy groups -OCH3 is 1. The van der Waals surface area contributed by atoms with Gasteiger partial charge in [0.05, 0.1) is 0 Å². The van der Waals surface area contributed by atoms with Gasteiger partial charge in [-0.05, 0) is 0 Å². The number of hydrogen-bond donors (Lipinski definition) is 0. The van der Waals surface area contributed by atoms with Crippen molar-refractivity contribution in [2.45, 2.75) is 82.0 Å². The van der Waals surface area contributed by atoms with Crippen LogP contribution in [-0.2, 0) is 0 Å². The van der Waals surface area contributed by atoms with E-state index >= 15 is 0 Å². The molecule has 0 aliphatic heterocycles. The molecule has 1 heterocycles. The maximum atomic E-state index is 5.60. The average Bonchev–Trinajstić information content (AvgIpc) is 2.95. The van der Waals surface area contributed by atoms with Crippen LogP contribution in [-0.4, -0.2) is 28.3 Å². The summed E-state index contributed by atoms with van der Waals surface area (Å²) in [5.41, 5.74) is 0. The Labute approximate surface area is 146 Å². The van der Waals surface area contributed by atoms with Gasteiger partial charge in [-0.3, -0.25) is 0 Å². The molecule has 2 radical (unpaired) electrons. The molecule has 0 amide bonds. The zero-order valence-electron chi connectivity index (χ0n) is 14.3. The Bertz CT molecular complexity index is 353. The Morgan fingerprint density at radius 1 is 1.00 bits per heavy atom. The summed E-state index contributed by atoms with van der Waals surface area (Å²) in [7, 11) is 1.83. The zero-order chi connectivity index (χ0) is 15.6. The molecule has 0 spiro atoms. The topological polar surface area (TPSA) is 9.23 Å². The first kappa shape index (κ1) is 19.3. The van der Waals surface area contributed by atoms with Gasteiger partial charge in [0.15, 0.2) is 0 Å². The van der Waals surface area contributed by atoms with E-state index in [1.54, 1.807) is 2.89 Å². The second-order valence-corrected chi connectivity index (χ2v) is 13.2. The summed E-state index contributed by atoms with van der Waals surface area (Å²) in [6, 6.07) is 2.17. The van der Waals surface area contributed by atoms with Crippen LogP contribution in [0.15, 0.2) is 11.4 Å². The quantitative estimate of drug-likeness (QED) is 0.391.